The van der Waals surface area contributed by atoms with Crippen molar-refractivity contribution in [3.63, 3.8) is 0 Å². The Bertz CT molecular complexity index is 444. The van der Waals surface area contributed by atoms with Crippen LogP contribution < -0.4 is 5.73 Å². The van der Waals surface area contributed by atoms with Crippen LogP contribution >= 0.6 is 0 Å². The maximum Gasteiger partial charge on any atom is 0.0474 e. The van der Waals surface area contributed by atoms with Crippen LogP contribution in [-0.4, -0.2) is 48.6 Å². The van der Waals surface area contributed by atoms with Gasteiger partial charge in [-0.3, -0.25) is 9.80 Å². The van der Waals surface area contributed by atoms with Crippen LogP contribution in [0.4, 0.5) is 0 Å². The number of nitrogens with two attached hydrogens (primary N) is 1. The predicted molar refractivity (Wildman–Crippen MR) is 86.0 cm³/mol. The van der Waals surface area contributed by atoms with Gasteiger partial charge in [-0.2, -0.15) is 0 Å². The summed E-state index contributed by atoms with van der Waals surface area (Å²) in [6, 6.07) is 7.57. The average Bonchev–Trinajstić information content (AvgIpc) is 2.44. The maximum atomic E-state index is 6.11. The number of piperazine rings is 1. The van der Waals surface area contributed by atoms with Crippen LogP contribution in [0, 0.1) is 13.8 Å². The highest BCUT2D eigenvalue weighted by molar-refractivity contribution is 5.35. The molecule has 2 unspecified atom stereocenters. The monoisotopic (exact) mass is 275 g/mol. The van der Waals surface area contributed by atoms with Crippen molar-refractivity contribution >= 4 is 0 Å². The van der Waals surface area contributed by atoms with Crippen molar-refractivity contribution < 1.29 is 0 Å². The molecule has 1 fully saturated rings. The summed E-state index contributed by atoms with van der Waals surface area (Å²) in [5, 5.41) is 0. The molecular weight excluding hydrogens is 246 g/mol. The molecule has 20 heavy (non-hydrogen) atoms. The van der Waals surface area contributed by atoms with E-state index in [1.165, 1.54) is 16.7 Å². The quantitative estimate of drug-likeness (QED) is 0.915. The fraction of sp³-hybridized carbons (Fsp3) is 0.647. The zero-order chi connectivity index (χ0) is 14.7. The van der Waals surface area contributed by atoms with Gasteiger partial charge < -0.3 is 5.73 Å². The van der Waals surface area contributed by atoms with Crippen LogP contribution in [0.5, 0.6) is 0 Å². The van der Waals surface area contributed by atoms with Crippen molar-refractivity contribution in [3.05, 3.63) is 34.9 Å². The van der Waals surface area contributed by atoms with Crippen LogP contribution in [0.15, 0.2) is 18.2 Å². The Morgan fingerprint density at radius 1 is 1.30 bits per heavy atom. The largest absolute Gasteiger partial charge is 0.329 e. The van der Waals surface area contributed by atoms with Crippen LogP contribution in [0.1, 0.15) is 36.6 Å². The van der Waals surface area contributed by atoms with E-state index in [4.69, 9.17) is 5.73 Å². The summed E-state index contributed by atoms with van der Waals surface area (Å²) in [6.45, 7) is 14.2. The van der Waals surface area contributed by atoms with Crippen LogP contribution in [0.25, 0.3) is 0 Å². The fourth-order valence-corrected chi connectivity index (χ4v) is 3.38. The average molecular weight is 275 g/mol. The second-order valence-corrected chi connectivity index (χ2v) is 6.01. The highest BCUT2D eigenvalue weighted by atomic mass is 15.3. The first-order valence-corrected chi connectivity index (χ1v) is 7.82. The number of benzene rings is 1. The summed E-state index contributed by atoms with van der Waals surface area (Å²) < 4.78 is 0. The molecule has 1 aliphatic rings. The van der Waals surface area contributed by atoms with Crippen LogP contribution in [0.3, 0.4) is 0 Å². The van der Waals surface area contributed by atoms with E-state index in [2.05, 4.69) is 55.7 Å². The SMILES string of the molecule is CCN1CCN(C(CN)c2cccc(C)c2C)CC1C. The van der Waals surface area contributed by atoms with Gasteiger partial charge in [0.05, 0.1) is 0 Å². The van der Waals surface area contributed by atoms with Gasteiger partial charge in [-0.1, -0.05) is 25.1 Å². The summed E-state index contributed by atoms with van der Waals surface area (Å²) in [4.78, 5) is 5.12. The fourth-order valence-electron chi connectivity index (χ4n) is 3.38. The molecule has 0 amide bonds. The zero-order valence-electron chi connectivity index (χ0n) is 13.4. The third-order valence-electron chi connectivity index (χ3n) is 4.87. The van der Waals surface area contributed by atoms with Gasteiger partial charge in [-0.05, 0) is 44.0 Å². The van der Waals surface area contributed by atoms with E-state index in [0.717, 1.165) is 26.2 Å². The Hall–Kier alpha value is -0.900. The van der Waals surface area contributed by atoms with Gasteiger partial charge in [0.1, 0.15) is 0 Å². The van der Waals surface area contributed by atoms with Gasteiger partial charge in [-0.15, -0.1) is 0 Å². The maximum absolute atomic E-state index is 6.11. The molecule has 0 radical (unpaired) electrons. The molecule has 3 heteroatoms. The molecule has 0 bridgehead atoms. The lowest BCUT2D eigenvalue weighted by Gasteiger charge is -2.43. The molecule has 1 saturated heterocycles. The minimum absolute atomic E-state index is 0.358. The van der Waals surface area contributed by atoms with Crippen molar-refractivity contribution in [1.29, 1.82) is 0 Å². The smallest absolute Gasteiger partial charge is 0.0474 e. The van der Waals surface area contributed by atoms with E-state index < -0.39 is 0 Å². The third-order valence-corrected chi connectivity index (χ3v) is 4.87. The standard InChI is InChI=1S/C17H29N3/c1-5-19-9-10-20(12-14(19)3)17(11-18)16-8-6-7-13(2)15(16)4/h6-8,14,17H,5,9-12,18H2,1-4H3. The molecule has 2 atom stereocenters. The lowest BCUT2D eigenvalue weighted by atomic mass is 9.95. The molecule has 1 aromatic rings. The molecule has 1 aromatic carbocycles. The van der Waals surface area contributed by atoms with Gasteiger partial charge in [-0.25, -0.2) is 0 Å². The topological polar surface area (TPSA) is 32.5 Å². The second-order valence-electron chi connectivity index (χ2n) is 6.01. The van der Waals surface area contributed by atoms with E-state index in [9.17, 15) is 0 Å². The first-order valence-electron chi connectivity index (χ1n) is 7.82. The lowest BCUT2D eigenvalue weighted by Crippen LogP contribution is -2.53. The second kappa shape index (κ2) is 6.70. The van der Waals surface area contributed by atoms with Crippen molar-refractivity contribution in [1.82, 2.24) is 9.80 Å². The summed E-state index contributed by atoms with van der Waals surface area (Å²) >= 11 is 0. The molecule has 3 nitrogen and oxygen atoms in total. The van der Waals surface area contributed by atoms with Gasteiger partial charge in [0.2, 0.25) is 0 Å². The number of rotatable bonds is 4. The van der Waals surface area contributed by atoms with Crippen molar-refractivity contribution in [2.45, 2.75) is 39.8 Å². The van der Waals surface area contributed by atoms with Crippen molar-refractivity contribution in [2.75, 3.05) is 32.7 Å². The Morgan fingerprint density at radius 3 is 2.65 bits per heavy atom. The van der Waals surface area contributed by atoms with Crippen LogP contribution in [-0.2, 0) is 0 Å². The van der Waals surface area contributed by atoms with Gasteiger partial charge in [0.25, 0.3) is 0 Å². The highest BCUT2D eigenvalue weighted by Crippen LogP contribution is 2.27. The Balaban J connectivity index is 2.19. The summed E-state index contributed by atoms with van der Waals surface area (Å²) in [5.41, 5.74) is 10.3. The third kappa shape index (κ3) is 3.05. The first kappa shape index (κ1) is 15.5. The highest BCUT2D eigenvalue weighted by Gasteiger charge is 2.28. The first-order chi connectivity index (χ1) is 9.58. The normalized spacial score (nSPS) is 22.9. The van der Waals surface area contributed by atoms with Crippen molar-refractivity contribution in [2.24, 2.45) is 5.73 Å². The summed E-state index contributed by atoms with van der Waals surface area (Å²) in [7, 11) is 0. The molecule has 2 N–H and O–H groups in total. The van der Waals surface area contributed by atoms with Gasteiger partial charge in [0, 0.05) is 38.3 Å². The molecule has 0 spiro atoms. The molecule has 2 rings (SSSR count). The number of hydrogen-bond donors (Lipinski definition) is 1. The van der Waals surface area contributed by atoms with Crippen LogP contribution in [0.2, 0.25) is 0 Å². The zero-order valence-corrected chi connectivity index (χ0v) is 13.4. The van der Waals surface area contributed by atoms with Gasteiger partial charge in [0.15, 0.2) is 0 Å². The molecule has 1 aliphatic heterocycles. The number of likely N-dealkylation sites (N-methyl/N-ethyl adjacent to an activating group) is 1. The van der Waals surface area contributed by atoms with Gasteiger partial charge >= 0.3 is 0 Å². The predicted octanol–water partition coefficient (Wildman–Crippen LogP) is 2.33. The molecule has 112 valence electrons. The molecule has 0 aromatic heterocycles. The number of hydrogen-bond acceptors (Lipinski definition) is 3. The summed E-state index contributed by atoms with van der Waals surface area (Å²) in [6.07, 6.45) is 0. The van der Waals surface area contributed by atoms with E-state index in [1.54, 1.807) is 0 Å². The van der Waals surface area contributed by atoms with E-state index >= 15 is 0 Å². The van der Waals surface area contributed by atoms with Crippen molar-refractivity contribution in [3.8, 4) is 0 Å². The Kier molecular flexibility index (Phi) is 5.19. The summed E-state index contributed by atoms with van der Waals surface area (Å²) in [5.74, 6) is 0. The van der Waals surface area contributed by atoms with E-state index in [-0.39, 0.29) is 0 Å². The van der Waals surface area contributed by atoms with E-state index in [0.29, 0.717) is 18.6 Å². The van der Waals surface area contributed by atoms with E-state index in [1.807, 2.05) is 0 Å². The molecular formula is C17H29N3. The number of aryl methyl sites for hydroxylation is 1. The molecule has 0 aliphatic carbocycles. The molecule has 1 heterocycles. The number of nitrogens with zero attached hydrogens (tertiary/aromatic N) is 2. The minimum Gasteiger partial charge on any atom is -0.329 e. The minimum atomic E-state index is 0.358. The Morgan fingerprint density at radius 2 is 2.05 bits per heavy atom. The lowest BCUT2D eigenvalue weighted by molar-refractivity contribution is 0.0605. The molecule has 0 saturated carbocycles. The Labute approximate surface area is 123 Å².